The van der Waals surface area contributed by atoms with Gasteiger partial charge in [0.25, 0.3) is 0 Å². The summed E-state index contributed by atoms with van der Waals surface area (Å²) in [5.74, 6) is -0.144. The zero-order valence-corrected chi connectivity index (χ0v) is 13.6. The van der Waals surface area contributed by atoms with Crippen LogP contribution in [0, 0.1) is 0 Å². The SMILES string of the molecule is CC(=O)Nc1ccc2c(c1)CN(S(=O)(=O)c1ccccc1)CC2. The van der Waals surface area contributed by atoms with Crippen LogP contribution in [0.4, 0.5) is 5.69 Å². The highest BCUT2D eigenvalue weighted by Gasteiger charge is 2.28. The minimum absolute atomic E-state index is 0.144. The monoisotopic (exact) mass is 330 g/mol. The van der Waals surface area contributed by atoms with E-state index in [0.29, 0.717) is 30.1 Å². The number of nitrogens with one attached hydrogen (secondary N) is 1. The summed E-state index contributed by atoms with van der Waals surface area (Å²) in [6.45, 7) is 2.23. The fraction of sp³-hybridized carbons (Fsp3) is 0.235. The van der Waals surface area contributed by atoms with Gasteiger partial charge in [0.05, 0.1) is 4.90 Å². The van der Waals surface area contributed by atoms with Gasteiger partial charge in [-0.15, -0.1) is 0 Å². The first-order valence-electron chi connectivity index (χ1n) is 7.41. The summed E-state index contributed by atoms with van der Waals surface area (Å²) >= 11 is 0. The highest BCUT2D eigenvalue weighted by Crippen LogP contribution is 2.26. The Kier molecular flexibility index (Phi) is 4.19. The van der Waals surface area contributed by atoms with Crippen molar-refractivity contribution in [1.29, 1.82) is 0 Å². The lowest BCUT2D eigenvalue weighted by Crippen LogP contribution is -2.36. The Morgan fingerprint density at radius 3 is 2.52 bits per heavy atom. The topological polar surface area (TPSA) is 66.5 Å². The minimum atomic E-state index is -3.49. The number of hydrogen-bond acceptors (Lipinski definition) is 3. The van der Waals surface area contributed by atoms with Crippen molar-refractivity contribution < 1.29 is 13.2 Å². The Labute approximate surface area is 136 Å². The summed E-state index contributed by atoms with van der Waals surface area (Å²) < 4.78 is 26.9. The first-order chi connectivity index (χ1) is 11.0. The van der Waals surface area contributed by atoms with Gasteiger partial charge in [0.15, 0.2) is 0 Å². The molecule has 1 heterocycles. The maximum Gasteiger partial charge on any atom is 0.243 e. The summed E-state index contributed by atoms with van der Waals surface area (Å²) in [6.07, 6.45) is 0.668. The smallest absolute Gasteiger partial charge is 0.243 e. The van der Waals surface area contributed by atoms with E-state index in [9.17, 15) is 13.2 Å². The van der Waals surface area contributed by atoms with Crippen LogP contribution in [-0.2, 0) is 27.8 Å². The largest absolute Gasteiger partial charge is 0.326 e. The predicted molar refractivity (Wildman–Crippen MR) is 88.5 cm³/mol. The number of carbonyl (C=O) groups is 1. The number of hydrogen-bond donors (Lipinski definition) is 1. The van der Waals surface area contributed by atoms with Crippen LogP contribution in [0.15, 0.2) is 53.4 Å². The van der Waals surface area contributed by atoms with E-state index in [1.54, 1.807) is 30.3 Å². The van der Waals surface area contributed by atoms with Crippen LogP contribution in [0.25, 0.3) is 0 Å². The molecule has 6 heteroatoms. The molecule has 2 aromatic rings. The minimum Gasteiger partial charge on any atom is -0.326 e. The van der Waals surface area contributed by atoms with Crippen molar-refractivity contribution in [2.24, 2.45) is 0 Å². The fourth-order valence-corrected chi connectivity index (χ4v) is 4.20. The first kappa shape index (κ1) is 15.7. The predicted octanol–water partition coefficient (Wildman–Crippen LogP) is 2.39. The van der Waals surface area contributed by atoms with E-state index in [0.717, 1.165) is 11.1 Å². The van der Waals surface area contributed by atoms with Crippen LogP contribution in [-0.4, -0.2) is 25.2 Å². The van der Waals surface area contributed by atoms with Gasteiger partial charge in [0, 0.05) is 25.7 Å². The van der Waals surface area contributed by atoms with Gasteiger partial charge in [0.1, 0.15) is 0 Å². The molecule has 1 aliphatic rings. The molecule has 0 radical (unpaired) electrons. The molecule has 0 aliphatic carbocycles. The van der Waals surface area contributed by atoms with Crippen molar-refractivity contribution in [3.8, 4) is 0 Å². The molecule has 0 atom stereocenters. The van der Waals surface area contributed by atoms with E-state index in [-0.39, 0.29) is 5.91 Å². The Bertz CT molecular complexity index is 832. The van der Waals surface area contributed by atoms with Crippen LogP contribution < -0.4 is 5.32 Å². The fourth-order valence-electron chi connectivity index (χ4n) is 2.76. The number of sulfonamides is 1. The Morgan fingerprint density at radius 2 is 1.83 bits per heavy atom. The van der Waals surface area contributed by atoms with Crippen LogP contribution in [0.2, 0.25) is 0 Å². The Morgan fingerprint density at radius 1 is 1.09 bits per heavy atom. The Balaban J connectivity index is 1.88. The quantitative estimate of drug-likeness (QED) is 0.940. The Hall–Kier alpha value is -2.18. The highest BCUT2D eigenvalue weighted by molar-refractivity contribution is 7.89. The van der Waals surface area contributed by atoms with Crippen LogP contribution in [0.1, 0.15) is 18.1 Å². The molecule has 2 aromatic carbocycles. The second kappa shape index (κ2) is 6.14. The maximum atomic E-state index is 12.7. The summed E-state index contributed by atoms with van der Waals surface area (Å²) in [4.78, 5) is 11.5. The van der Waals surface area contributed by atoms with Crippen molar-refractivity contribution in [2.45, 2.75) is 24.8 Å². The molecule has 23 heavy (non-hydrogen) atoms. The molecular weight excluding hydrogens is 312 g/mol. The lowest BCUT2D eigenvalue weighted by molar-refractivity contribution is -0.114. The molecule has 0 spiro atoms. The van der Waals surface area contributed by atoms with Crippen molar-refractivity contribution in [3.05, 3.63) is 59.7 Å². The van der Waals surface area contributed by atoms with E-state index in [4.69, 9.17) is 0 Å². The molecule has 120 valence electrons. The number of benzene rings is 2. The zero-order chi connectivity index (χ0) is 16.4. The summed E-state index contributed by atoms with van der Waals surface area (Å²) in [6, 6.07) is 14.1. The van der Waals surface area contributed by atoms with E-state index in [2.05, 4.69) is 5.32 Å². The first-order valence-corrected chi connectivity index (χ1v) is 8.85. The van der Waals surface area contributed by atoms with E-state index < -0.39 is 10.0 Å². The van der Waals surface area contributed by atoms with Crippen molar-refractivity contribution in [3.63, 3.8) is 0 Å². The van der Waals surface area contributed by atoms with Gasteiger partial charge in [-0.3, -0.25) is 4.79 Å². The van der Waals surface area contributed by atoms with Crippen molar-refractivity contribution in [2.75, 3.05) is 11.9 Å². The van der Waals surface area contributed by atoms with Crippen LogP contribution in [0.5, 0.6) is 0 Å². The number of anilines is 1. The van der Waals surface area contributed by atoms with Gasteiger partial charge in [-0.2, -0.15) is 4.31 Å². The number of rotatable bonds is 3. The summed E-state index contributed by atoms with van der Waals surface area (Å²) in [5, 5.41) is 2.73. The molecule has 1 amide bonds. The van der Waals surface area contributed by atoms with Gasteiger partial charge in [-0.05, 0) is 41.8 Å². The average molecular weight is 330 g/mol. The number of amides is 1. The van der Waals surface area contributed by atoms with Gasteiger partial charge in [-0.25, -0.2) is 8.42 Å². The molecule has 3 rings (SSSR count). The van der Waals surface area contributed by atoms with Crippen LogP contribution in [0.3, 0.4) is 0 Å². The second-order valence-electron chi connectivity index (χ2n) is 5.57. The lowest BCUT2D eigenvalue weighted by atomic mass is 10.0. The van der Waals surface area contributed by atoms with E-state index in [1.807, 2.05) is 18.2 Å². The molecule has 0 saturated heterocycles. The molecule has 0 aromatic heterocycles. The number of carbonyl (C=O) groups excluding carboxylic acids is 1. The summed E-state index contributed by atoms with van der Waals surface area (Å²) in [5.41, 5.74) is 2.75. The van der Waals surface area contributed by atoms with Crippen LogP contribution >= 0.6 is 0 Å². The number of nitrogens with zero attached hydrogens (tertiary/aromatic N) is 1. The van der Waals surface area contributed by atoms with E-state index in [1.165, 1.54) is 11.2 Å². The third-order valence-corrected chi connectivity index (χ3v) is 5.74. The second-order valence-corrected chi connectivity index (χ2v) is 7.50. The van der Waals surface area contributed by atoms with Gasteiger partial charge in [-0.1, -0.05) is 24.3 Å². The number of fused-ring (bicyclic) bond motifs is 1. The third-order valence-electron chi connectivity index (χ3n) is 3.88. The normalized spacial score (nSPS) is 15.0. The van der Waals surface area contributed by atoms with E-state index >= 15 is 0 Å². The van der Waals surface area contributed by atoms with Crippen molar-refractivity contribution in [1.82, 2.24) is 4.31 Å². The molecule has 1 N–H and O–H groups in total. The zero-order valence-electron chi connectivity index (χ0n) is 12.8. The van der Waals surface area contributed by atoms with Gasteiger partial charge < -0.3 is 5.32 Å². The molecule has 0 bridgehead atoms. The maximum absolute atomic E-state index is 12.7. The molecule has 0 saturated carbocycles. The molecular formula is C17H18N2O3S. The third kappa shape index (κ3) is 3.28. The standard InChI is InChI=1S/C17H18N2O3S/c1-13(20)18-16-8-7-14-9-10-19(12-15(14)11-16)23(21,22)17-5-3-2-4-6-17/h2-8,11H,9-10,12H2,1H3,(H,18,20). The molecule has 5 nitrogen and oxygen atoms in total. The highest BCUT2D eigenvalue weighted by atomic mass is 32.2. The molecule has 0 unspecified atom stereocenters. The average Bonchev–Trinajstić information content (AvgIpc) is 2.54. The summed E-state index contributed by atoms with van der Waals surface area (Å²) in [7, 11) is -3.49. The molecule has 0 fully saturated rings. The van der Waals surface area contributed by atoms with Gasteiger partial charge >= 0.3 is 0 Å². The molecule has 1 aliphatic heterocycles. The lowest BCUT2D eigenvalue weighted by Gasteiger charge is -2.28. The van der Waals surface area contributed by atoms with Gasteiger partial charge in [0.2, 0.25) is 15.9 Å². The van der Waals surface area contributed by atoms with Crippen molar-refractivity contribution >= 4 is 21.6 Å².